The van der Waals surface area contributed by atoms with Crippen molar-refractivity contribution in [3.63, 3.8) is 0 Å². The maximum atomic E-state index is 12.8. The van der Waals surface area contributed by atoms with Crippen LogP contribution in [0.4, 0.5) is 17.1 Å². The van der Waals surface area contributed by atoms with E-state index >= 15 is 0 Å². The smallest absolute Gasteiger partial charge is 0.276 e. The fraction of sp³-hybridized carbons (Fsp3) is 0.182. The van der Waals surface area contributed by atoms with Gasteiger partial charge >= 0.3 is 0 Å². The lowest BCUT2D eigenvalue weighted by molar-refractivity contribution is 0.0984. The molecule has 0 spiro atoms. The number of pyridine rings is 1. The number of nitrogens with one attached hydrogen (secondary N) is 1. The van der Waals surface area contributed by atoms with Crippen LogP contribution in [0.3, 0.4) is 0 Å². The summed E-state index contributed by atoms with van der Waals surface area (Å²) in [6.07, 6.45) is 2.57. The van der Waals surface area contributed by atoms with Gasteiger partial charge in [-0.15, -0.1) is 0 Å². The highest BCUT2D eigenvalue weighted by molar-refractivity contribution is 6.06. The molecule has 5 heteroatoms. The number of hydrogen-bond donors (Lipinski definition) is 1. The maximum absolute atomic E-state index is 12.8. The first-order valence-corrected chi connectivity index (χ1v) is 9.10. The van der Waals surface area contributed by atoms with Gasteiger partial charge in [0.25, 0.3) is 5.91 Å². The standard InChI is InChI=1S/C22H21N3O2/c1-2-27-19-10-7-17(8-11-19)24-18-9-12-20(23-15-18)22(26)25-14-13-16-5-3-4-6-21(16)25/h3-12,15,24H,2,13-14H2,1H3. The second-order valence-corrected chi connectivity index (χ2v) is 6.35. The Morgan fingerprint density at radius 1 is 1.07 bits per heavy atom. The van der Waals surface area contributed by atoms with Crippen LogP contribution in [0.5, 0.6) is 5.75 Å². The first-order valence-electron chi connectivity index (χ1n) is 9.10. The van der Waals surface area contributed by atoms with Crippen LogP contribution in [0.2, 0.25) is 0 Å². The van der Waals surface area contributed by atoms with Crippen LogP contribution in [0.15, 0.2) is 66.9 Å². The third-order valence-electron chi connectivity index (χ3n) is 4.57. The van der Waals surface area contributed by atoms with E-state index < -0.39 is 0 Å². The number of amides is 1. The maximum Gasteiger partial charge on any atom is 0.276 e. The van der Waals surface area contributed by atoms with Gasteiger partial charge in [-0.1, -0.05) is 18.2 Å². The van der Waals surface area contributed by atoms with E-state index in [-0.39, 0.29) is 5.91 Å². The first-order chi connectivity index (χ1) is 13.2. The molecule has 0 fully saturated rings. The van der Waals surface area contributed by atoms with Crippen molar-refractivity contribution in [3.8, 4) is 5.75 Å². The molecule has 4 rings (SSSR count). The van der Waals surface area contributed by atoms with Gasteiger partial charge in [-0.3, -0.25) is 4.79 Å². The van der Waals surface area contributed by atoms with Gasteiger partial charge in [-0.25, -0.2) is 4.98 Å². The molecule has 1 amide bonds. The van der Waals surface area contributed by atoms with E-state index in [1.807, 2.05) is 55.5 Å². The summed E-state index contributed by atoms with van der Waals surface area (Å²) in [6, 6.07) is 19.4. The molecule has 1 aliphatic heterocycles. The lowest BCUT2D eigenvalue weighted by Crippen LogP contribution is -2.29. The minimum atomic E-state index is -0.0624. The molecule has 0 atom stereocenters. The van der Waals surface area contributed by atoms with Crippen LogP contribution < -0.4 is 15.0 Å². The number of benzene rings is 2. The van der Waals surface area contributed by atoms with Crippen LogP contribution in [-0.4, -0.2) is 24.0 Å². The molecule has 136 valence electrons. The van der Waals surface area contributed by atoms with E-state index in [1.54, 1.807) is 17.2 Å². The molecule has 3 aromatic rings. The normalized spacial score (nSPS) is 12.6. The highest BCUT2D eigenvalue weighted by Gasteiger charge is 2.25. The van der Waals surface area contributed by atoms with Crippen molar-refractivity contribution in [1.29, 1.82) is 0 Å². The lowest BCUT2D eigenvalue weighted by atomic mass is 10.2. The van der Waals surface area contributed by atoms with Gasteiger partial charge in [0.15, 0.2) is 0 Å². The Kier molecular flexibility index (Phi) is 4.75. The van der Waals surface area contributed by atoms with E-state index in [9.17, 15) is 4.79 Å². The summed E-state index contributed by atoms with van der Waals surface area (Å²) in [7, 11) is 0. The zero-order valence-corrected chi connectivity index (χ0v) is 15.2. The molecule has 5 nitrogen and oxygen atoms in total. The molecular formula is C22H21N3O2. The number of ether oxygens (including phenoxy) is 1. The number of anilines is 3. The third-order valence-corrected chi connectivity index (χ3v) is 4.57. The summed E-state index contributed by atoms with van der Waals surface area (Å²) in [6.45, 7) is 3.31. The van der Waals surface area contributed by atoms with Gasteiger partial charge in [0.05, 0.1) is 18.5 Å². The Morgan fingerprint density at radius 3 is 2.59 bits per heavy atom. The molecule has 0 saturated carbocycles. The molecular weight excluding hydrogens is 338 g/mol. The van der Waals surface area contributed by atoms with E-state index in [1.165, 1.54) is 5.56 Å². The number of hydrogen-bond acceptors (Lipinski definition) is 4. The van der Waals surface area contributed by atoms with Gasteiger partial charge in [0.2, 0.25) is 0 Å². The first kappa shape index (κ1) is 17.1. The zero-order valence-electron chi connectivity index (χ0n) is 15.2. The molecule has 1 aliphatic rings. The summed E-state index contributed by atoms with van der Waals surface area (Å²) in [4.78, 5) is 19.0. The number of fused-ring (bicyclic) bond motifs is 1. The fourth-order valence-corrected chi connectivity index (χ4v) is 3.25. The number of rotatable bonds is 5. The second-order valence-electron chi connectivity index (χ2n) is 6.35. The van der Waals surface area contributed by atoms with Gasteiger partial charge in [-0.2, -0.15) is 0 Å². The molecule has 0 unspecified atom stereocenters. The average Bonchev–Trinajstić information content (AvgIpc) is 3.14. The Morgan fingerprint density at radius 2 is 1.85 bits per heavy atom. The van der Waals surface area contributed by atoms with Crippen molar-refractivity contribution in [2.45, 2.75) is 13.3 Å². The highest BCUT2D eigenvalue weighted by Crippen LogP contribution is 2.28. The van der Waals surface area contributed by atoms with Gasteiger partial charge in [0, 0.05) is 17.9 Å². The number of para-hydroxylation sites is 1. The quantitative estimate of drug-likeness (QED) is 0.732. The van der Waals surface area contributed by atoms with Crippen molar-refractivity contribution < 1.29 is 9.53 Å². The molecule has 0 aliphatic carbocycles. The van der Waals surface area contributed by atoms with Crippen LogP contribution in [0.25, 0.3) is 0 Å². The largest absolute Gasteiger partial charge is 0.494 e. The van der Waals surface area contributed by atoms with Crippen LogP contribution in [-0.2, 0) is 6.42 Å². The molecule has 0 radical (unpaired) electrons. The van der Waals surface area contributed by atoms with E-state index in [0.29, 0.717) is 18.8 Å². The van der Waals surface area contributed by atoms with Crippen LogP contribution in [0.1, 0.15) is 23.0 Å². The van der Waals surface area contributed by atoms with Gasteiger partial charge < -0.3 is 15.0 Å². The predicted octanol–water partition coefficient (Wildman–Crippen LogP) is 4.43. The summed E-state index contributed by atoms with van der Waals surface area (Å²) in [5, 5.41) is 3.28. The topological polar surface area (TPSA) is 54.5 Å². The van der Waals surface area contributed by atoms with Crippen molar-refractivity contribution in [2.75, 3.05) is 23.4 Å². The van der Waals surface area contributed by atoms with Gasteiger partial charge in [-0.05, 0) is 61.4 Å². The average molecular weight is 359 g/mol. The minimum Gasteiger partial charge on any atom is -0.494 e. The molecule has 2 heterocycles. The van der Waals surface area contributed by atoms with E-state index in [0.717, 1.165) is 29.2 Å². The Balaban J connectivity index is 1.45. The fourth-order valence-electron chi connectivity index (χ4n) is 3.25. The van der Waals surface area contributed by atoms with Crippen LogP contribution in [0, 0.1) is 0 Å². The minimum absolute atomic E-state index is 0.0624. The molecule has 1 N–H and O–H groups in total. The van der Waals surface area contributed by atoms with Crippen molar-refractivity contribution in [1.82, 2.24) is 4.98 Å². The summed E-state index contributed by atoms with van der Waals surface area (Å²) >= 11 is 0. The zero-order chi connectivity index (χ0) is 18.6. The van der Waals surface area contributed by atoms with Crippen molar-refractivity contribution >= 4 is 23.0 Å². The monoisotopic (exact) mass is 359 g/mol. The molecule has 0 bridgehead atoms. The summed E-state index contributed by atoms with van der Waals surface area (Å²) < 4.78 is 5.44. The molecule has 27 heavy (non-hydrogen) atoms. The Bertz CT molecular complexity index is 937. The third kappa shape index (κ3) is 3.62. The Labute approximate surface area is 158 Å². The van der Waals surface area contributed by atoms with Crippen molar-refractivity contribution in [2.24, 2.45) is 0 Å². The number of carbonyl (C=O) groups is 1. The number of carbonyl (C=O) groups excluding carboxylic acids is 1. The highest BCUT2D eigenvalue weighted by atomic mass is 16.5. The van der Waals surface area contributed by atoms with E-state index in [2.05, 4.69) is 16.4 Å². The summed E-state index contributed by atoms with van der Waals surface area (Å²) in [5.41, 5.74) is 4.41. The Hall–Kier alpha value is -3.34. The van der Waals surface area contributed by atoms with Crippen LogP contribution >= 0.6 is 0 Å². The predicted molar refractivity (Wildman–Crippen MR) is 107 cm³/mol. The SMILES string of the molecule is CCOc1ccc(Nc2ccc(C(=O)N3CCc4ccccc43)nc2)cc1. The number of aromatic nitrogens is 1. The molecule has 2 aromatic carbocycles. The summed E-state index contributed by atoms with van der Waals surface area (Å²) in [5.74, 6) is 0.778. The second kappa shape index (κ2) is 7.50. The molecule has 1 aromatic heterocycles. The van der Waals surface area contributed by atoms with Gasteiger partial charge in [0.1, 0.15) is 11.4 Å². The van der Waals surface area contributed by atoms with Crippen molar-refractivity contribution in [3.05, 3.63) is 78.1 Å². The molecule has 0 saturated heterocycles. The number of nitrogens with zero attached hydrogens (tertiary/aromatic N) is 2. The lowest BCUT2D eigenvalue weighted by Gasteiger charge is -2.17. The van der Waals surface area contributed by atoms with E-state index in [4.69, 9.17) is 4.74 Å².